The van der Waals surface area contributed by atoms with Crippen LogP contribution in [0.2, 0.25) is 0 Å². The molecule has 108 valence electrons. The van der Waals surface area contributed by atoms with E-state index in [0.29, 0.717) is 17.9 Å². The Morgan fingerprint density at radius 3 is 2.65 bits per heavy atom. The molecule has 0 radical (unpaired) electrons. The molecule has 0 fully saturated rings. The summed E-state index contributed by atoms with van der Waals surface area (Å²) in [7, 11) is 0. The normalized spacial score (nSPS) is 11.7. The van der Waals surface area contributed by atoms with Gasteiger partial charge in [0, 0.05) is 23.6 Å². The Balaban J connectivity index is 2.90. The van der Waals surface area contributed by atoms with Gasteiger partial charge in [-0.15, -0.1) is 0 Å². The summed E-state index contributed by atoms with van der Waals surface area (Å²) in [6.45, 7) is 8.16. The van der Waals surface area contributed by atoms with Gasteiger partial charge in [-0.25, -0.2) is 0 Å². The van der Waals surface area contributed by atoms with Gasteiger partial charge in [-0.1, -0.05) is 31.8 Å². The van der Waals surface area contributed by atoms with Crippen molar-refractivity contribution in [1.29, 1.82) is 0 Å². The summed E-state index contributed by atoms with van der Waals surface area (Å²) in [5.41, 5.74) is 2.49. The molecule has 1 amide bonds. The number of hydrogen-bond donors (Lipinski definition) is 2. The zero-order valence-corrected chi connectivity index (χ0v) is 12.7. The summed E-state index contributed by atoms with van der Waals surface area (Å²) >= 11 is 0. The molecule has 0 spiro atoms. The monoisotopic (exact) mass is 273 g/mol. The fraction of sp³-hybridized carbons (Fsp3) is 0.471. The van der Waals surface area contributed by atoms with Crippen LogP contribution >= 0.6 is 0 Å². The molecule has 1 aromatic rings. The number of hydrogen-bond acceptors (Lipinski definition) is 2. The van der Waals surface area contributed by atoms with E-state index < -0.39 is 0 Å². The quantitative estimate of drug-likeness (QED) is 0.828. The molecule has 0 aliphatic heterocycles. The van der Waals surface area contributed by atoms with E-state index in [-0.39, 0.29) is 18.6 Å². The third-order valence-electron chi connectivity index (χ3n) is 3.32. The number of aliphatic hydroxyl groups is 1. The van der Waals surface area contributed by atoms with Crippen LogP contribution < -0.4 is 5.32 Å². The molecule has 0 bridgehead atoms. The molecule has 1 rings (SSSR count). The van der Waals surface area contributed by atoms with Crippen molar-refractivity contribution in [2.24, 2.45) is 5.92 Å². The van der Waals surface area contributed by atoms with Gasteiger partial charge in [0.15, 0.2) is 0 Å². The number of benzene rings is 1. The number of aryl methyl sites for hydroxylation is 1. The number of rotatable bonds is 4. The fourth-order valence-corrected chi connectivity index (χ4v) is 1.57. The van der Waals surface area contributed by atoms with Gasteiger partial charge in [-0.3, -0.25) is 4.79 Å². The molecule has 2 N–H and O–H groups in total. The third kappa shape index (κ3) is 4.71. The maximum absolute atomic E-state index is 12.2. The van der Waals surface area contributed by atoms with E-state index in [1.165, 1.54) is 0 Å². The van der Waals surface area contributed by atoms with E-state index in [1.54, 1.807) is 0 Å². The van der Waals surface area contributed by atoms with Crippen molar-refractivity contribution in [1.82, 2.24) is 5.32 Å². The van der Waals surface area contributed by atoms with E-state index in [4.69, 9.17) is 5.11 Å². The molecule has 0 aliphatic carbocycles. The van der Waals surface area contributed by atoms with Crippen molar-refractivity contribution in [3.8, 4) is 11.8 Å². The van der Waals surface area contributed by atoms with E-state index in [2.05, 4.69) is 31.0 Å². The van der Waals surface area contributed by atoms with Gasteiger partial charge >= 0.3 is 0 Å². The molecular formula is C17H23NO2. The van der Waals surface area contributed by atoms with E-state index in [1.807, 2.05) is 32.0 Å². The lowest BCUT2D eigenvalue weighted by molar-refractivity contribution is 0.0930. The van der Waals surface area contributed by atoms with Gasteiger partial charge in [-0.2, -0.15) is 0 Å². The molecule has 0 saturated carbocycles. The Morgan fingerprint density at radius 1 is 1.35 bits per heavy atom. The van der Waals surface area contributed by atoms with Crippen LogP contribution in [0.5, 0.6) is 0 Å². The second-order valence-corrected chi connectivity index (χ2v) is 5.31. The van der Waals surface area contributed by atoms with E-state index in [9.17, 15) is 4.79 Å². The summed E-state index contributed by atoms with van der Waals surface area (Å²) in [5.74, 6) is 6.20. The maximum atomic E-state index is 12.2. The smallest absolute Gasteiger partial charge is 0.251 e. The molecule has 1 aromatic carbocycles. The Bertz CT molecular complexity index is 524. The largest absolute Gasteiger partial charge is 0.395 e. The standard InChI is InChI=1S/C17H23NO2/c1-12(2)14(4)18-17(20)16-9-8-13(3)15(11-16)7-5-6-10-19/h8-9,11-12,14,19H,6,10H2,1-4H3,(H,18,20). The van der Waals surface area contributed by atoms with Gasteiger partial charge in [0.05, 0.1) is 6.61 Å². The summed E-state index contributed by atoms with van der Waals surface area (Å²) in [6, 6.07) is 5.65. The predicted octanol–water partition coefficient (Wildman–Crippen LogP) is 2.50. The molecule has 0 saturated heterocycles. The van der Waals surface area contributed by atoms with Crippen molar-refractivity contribution >= 4 is 5.91 Å². The van der Waals surface area contributed by atoms with Gasteiger partial charge in [0.25, 0.3) is 5.91 Å². The van der Waals surface area contributed by atoms with Gasteiger partial charge in [0.1, 0.15) is 0 Å². The Kier molecular flexibility index (Phi) is 6.27. The molecule has 3 nitrogen and oxygen atoms in total. The minimum Gasteiger partial charge on any atom is -0.395 e. The first-order chi connectivity index (χ1) is 9.45. The van der Waals surface area contributed by atoms with Gasteiger partial charge < -0.3 is 10.4 Å². The predicted molar refractivity (Wildman–Crippen MR) is 81.5 cm³/mol. The average molecular weight is 273 g/mol. The van der Waals surface area contributed by atoms with Crippen LogP contribution in [0.3, 0.4) is 0 Å². The molecule has 3 heteroatoms. The molecule has 1 atom stereocenters. The highest BCUT2D eigenvalue weighted by molar-refractivity contribution is 5.94. The molecule has 0 aromatic heterocycles. The Morgan fingerprint density at radius 2 is 2.05 bits per heavy atom. The van der Waals surface area contributed by atoms with Crippen LogP contribution in [0.4, 0.5) is 0 Å². The summed E-state index contributed by atoms with van der Waals surface area (Å²) in [5, 5.41) is 11.7. The minimum absolute atomic E-state index is 0.0537. The summed E-state index contributed by atoms with van der Waals surface area (Å²) < 4.78 is 0. The second kappa shape index (κ2) is 7.72. The Hall–Kier alpha value is -1.79. The maximum Gasteiger partial charge on any atom is 0.251 e. The number of nitrogens with one attached hydrogen (secondary N) is 1. The fourth-order valence-electron chi connectivity index (χ4n) is 1.57. The van der Waals surface area contributed by atoms with Crippen molar-refractivity contribution in [3.05, 3.63) is 34.9 Å². The van der Waals surface area contributed by atoms with Crippen LogP contribution in [0.1, 0.15) is 48.7 Å². The first-order valence-corrected chi connectivity index (χ1v) is 6.97. The summed E-state index contributed by atoms with van der Waals surface area (Å²) in [4.78, 5) is 12.2. The highest BCUT2D eigenvalue weighted by Crippen LogP contribution is 2.11. The van der Waals surface area contributed by atoms with Crippen LogP contribution in [0.25, 0.3) is 0 Å². The Labute approximate surface area is 121 Å². The number of aliphatic hydroxyl groups excluding tert-OH is 1. The molecule has 1 unspecified atom stereocenters. The first kappa shape index (κ1) is 16.3. The lowest BCUT2D eigenvalue weighted by atomic mass is 10.0. The topological polar surface area (TPSA) is 49.3 Å². The lowest BCUT2D eigenvalue weighted by Gasteiger charge is -2.17. The zero-order chi connectivity index (χ0) is 15.1. The van der Waals surface area contributed by atoms with Crippen LogP contribution in [-0.4, -0.2) is 23.7 Å². The summed E-state index contributed by atoms with van der Waals surface area (Å²) in [6.07, 6.45) is 0.445. The lowest BCUT2D eigenvalue weighted by Crippen LogP contribution is -2.36. The minimum atomic E-state index is -0.0728. The third-order valence-corrected chi connectivity index (χ3v) is 3.32. The average Bonchev–Trinajstić information content (AvgIpc) is 2.40. The van der Waals surface area contributed by atoms with Crippen LogP contribution in [0, 0.1) is 24.7 Å². The van der Waals surface area contributed by atoms with Crippen LogP contribution in [-0.2, 0) is 0 Å². The van der Waals surface area contributed by atoms with Crippen LogP contribution in [0.15, 0.2) is 18.2 Å². The van der Waals surface area contributed by atoms with Crippen molar-refractivity contribution < 1.29 is 9.90 Å². The highest BCUT2D eigenvalue weighted by Gasteiger charge is 2.13. The molecule has 0 heterocycles. The van der Waals surface area contributed by atoms with Crippen molar-refractivity contribution in [2.45, 2.75) is 40.2 Å². The SMILES string of the molecule is Cc1ccc(C(=O)NC(C)C(C)C)cc1C#CCCO. The molecular weight excluding hydrogens is 250 g/mol. The molecule has 20 heavy (non-hydrogen) atoms. The molecule has 0 aliphatic rings. The first-order valence-electron chi connectivity index (χ1n) is 6.97. The van der Waals surface area contributed by atoms with Crippen molar-refractivity contribution in [2.75, 3.05) is 6.61 Å². The number of amides is 1. The zero-order valence-electron chi connectivity index (χ0n) is 12.7. The second-order valence-electron chi connectivity index (χ2n) is 5.31. The van der Waals surface area contributed by atoms with Gasteiger partial charge in [-0.05, 0) is 37.5 Å². The van der Waals surface area contributed by atoms with E-state index in [0.717, 1.165) is 11.1 Å². The number of carbonyl (C=O) groups excluding carboxylic acids is 1. The van der Waals surface area contributed by atoms with Crippen molar-refractivity contribution in [3.63, 3.8) is 0 Å². The van der Waals surface area contributed by atoms with Gasteiger partial charge in [0.2, 0.25) is 0 Å². The highest BCUT2D eigenvalue weighted by atomic mass is 16.2. The van der Waals surface area contributed by atoms with E-state index >= 15 is 0 Å². The number of carbonyl (C=O) groups is 1.